The van der Waals surface area contributed by atoms with Crippen LogP contribution in [0.25, 0.3) is 0 Å². The Morgan fingerprint density at radius 2 is 1.93 bits per heavy atom. The van der Waals surface area contributed by atoms with Crippen molar-refractivity contribution in [1.82, 2.24) is 4.90 Å². The van der Waals surface area contributed by atoms with E-state index in [1.54, 1.807) is 0 Å². The second-order valence-electron chi connectivity index (χ2n) is 4.13. The van der Waals surface area contributed by atoms with Crippen molar-refractivity contribution < 1.29 is 4.79 Å². The maximum Gasteiger partial charge on any atom is 0.223 e. The van der Waals surface area contributed by atoms with Crippen molar-refractivity contribution in [1.29, 1.82) is 0 Å². The van der Waals surface area contributed by atoms with Crippen molar-refractivity contribution in [3.8, 4) is 0 Å². The van der Waals surface area contributed by atoms with Crippen LogP contribution in [0.5, 0.6) is 0 Å². The molecule has 1 aliphatic heterocycles. The van der Waals surface area contributed by atoms with Gasteiger partial charge >= 0.3 is 0 Å². The van der Waals surface area contributed by atoms with Crippen LogP contribution in [0, 0.1) is 0 Å². The molecule has 1 heterocycles. The zero-order valence-corrected chi connectivity index (χ0v) is 9.15. The first-order valence-corrected chi connectivity index (χ1v) is 5.63. The highest BCUT2D eigenvalue weighted by Gasteiger charge is 2.23. The molecule has 1 aromatic carbocycles. The van der Waals surface area contributed by atoms with Crippen molar-refractivity contribution in [2.45, 2.75) is 32.2 Å². The molecular formula is C13H17NO. The molecule has 2 rings (SSSR count). The molecule has 80 valence electrons. The molecule has 0 saturated carbocycles. The average molecular weight is 203 g/mol. The second-order valence-corrected chi connectivity index (χ2v) is 4.13. The fraction of sp³-hybridized carbons (Fsp3) is 0.462. The molecule has 1 saturated heterocycles. The summed E-state index contributed by atoms with van der Waals surface area (Å²) in [6.45, 7) is 3.02. The third-order valence-corrected chi connectivity index (χ3v) is 3.11. The van der Waals surface area contributed by atoms with Gasteiger partial charge in [-0.25, -0.2) is 0 Å². The topological polar surface area (TPSA) is 20.3 Å². The molecule has 1 aliphatic rings. The Kier molecular flexibility index (Phi) is 3.05. The highest BCUT2D eigenvalue weighted by molar-refractivity contribution is 5.77. The van der Waals surface area contributed by atoms with Crippen LogP contribution < -0.4 is 0 Å². The molecule has 0 unspecified atom stereocenters. The Balaban J connectivity index is 2.13. The van der Waals surface area contributed by atoms with Crippen LogP contribution in [0.1, 0.15) is 37.8 Å². The van der Waals surface area contributed by atoms with Gasteiger partial charge in [-0.3, -0.25) is 4.79 Å². The summed E-state index contributed by atoms with van der Waals surface area (Å²) in [5.74, 6) is 0.303. The Morgan fingerprint density at radius 1 is 1.20 bits per heavy atom. The van der Waals surface area contributed by atoms with E-state index in [2.05, 4.69) is 19.1 Å². The second kappa shape index (κ2) is 4.47. The lowest BCUT2D eigenvalue weighted by molar-refractivity contribution is -0.135. The molecule has 1 fully saturated rings. The summed E-state index contributed by atoms with van der Waals surface area (Å²) in [4.78, 5) is 13.7. The van der Waals surface area contributed by atoms with E-state index in [-0.39, 0.29) is 6.04 Å². The number of piperidine rings is 1. The van der Waals surface area contributed by atoms with Gasteiger partial charge in [0, 0.05) is 13.0 Å². The number of carbonyl (C=O) groups excluding carboxylic acids is 1. The van der Waals surface area contributed by atoms with Crippen LogP contribution in [0.15, 0.2) is 30.3 Å². The highest BCUT2D eigenvalue weighted by Crippen LogP contribution is 2.24. The SMILES string of the molecule is C[C@H](c1ccccc1)N1CCCCC1=O. The van der Waals surface area contributed by atoms with E-state index in [1.807, 2.05) is 23.1 Å². The molecule has 0 N–H and O–H groups in total. The Morgan fingerprint density at radius 3 is 2.60 bits per heavy atom. The molecule has 0 radical (unpaired) electrons. The first-order chi connectivity index (χ1) is 7.29. The molecule has 0 bridgehead atoms. The number of amides is 1. The summed E-state index contributed by atoms with van der Waals surface area (Å²) in [6, 6.07) is 10.5. The largest absolute Gasteiger partial charge is 0.336 e. The van der Waals surface area contributed by atoms with Crippen LogP contribution in [0.3, 0.4) is 0 Å². The molecule has 2 heteroatoms. The number of likely N-dealkylation sites (tertiary alicyclic amines) is 1. The summed E-state index contributed by atoms with van der Waals surface area (Å²) in [5.41, 5.74) is 1.23. The predicted molar refractivity (Wildman–Crippen MR) is 60.4 cm³/mol. The van der Waals surface area contributed by atoms with E-state index in [4.69, 9.17) is 0 Å². The lowest BCUT2D eigenvalue weighted by Gasteiger charge is -2.32. The summed E-state index contributed by atoms with van der Waals surface area (Å²) in [7, 11) is 0. The van der Waals surface area contributed by atoms with Crippen molar-refractivity contribution in [2.75, 3.05) is 6.54 Å². The van der Waals surface area contributed by atoms with Gasteiger partial charge in [0.05, 0.1) is 6.04 Å². The summed E-state index contributed by atoms with van der Waals surface area (Å²) < 4.78 is 0. The monoisotopic (exact) mass is 203 g/mol. The van der Waals surface area contributed by atoms with Gasteiger partial charge in [-0.1, -0.05) is 30.3 Å². The van der Waals surface area contributed by atoms with E-state index in [0.717, 1.165) is 25.8 Å². The summed E-state index contributed by atoms with van der Waals surface area (Å²) in [5, 5.41) is 0. The van der Waals surface area contributed by atoms with Gasteiger partial charge in [0.25, 0.3) is 0 Å². The molecule has 1 atom stereocenters. The molecule has 0 aromatic heterocycles. The van der Waals surface area contributed by atoms with Crippen molar-refractivity contribution in [3.05, 3.63) is 35.9 Å². The van der Waals surface area contributed by atoms with Crippen LogP contribution in [0.2, 0.25) is 0 Å². The molecule has 2 nitrogen and oxygen atoms in total. The maximum atomic E-state index is 11.7. The fourth-order valence-electron chi connectivity index (χ4n) is 2.15. The quantitative estimate of drug-likeness (QED) is 0.723. The van der Waals surface area contributed by atoms with Gasteiger partial charge in [0.15, 0.2) is 0 Å². The Labute approximate surface area is 90.9 Å². The molecule has 15 heavy (non-hydrogen) atoms. The van der Waals surface area contributed by atoms with E-state index < -0.39 is 0 Å². The van der Waals surface area contributed by atoms with Crippen molar-refractivity contribution in [2.24, 2.45) is 0 Å². The molecule has 1 amide bonds. The number of rotatable bonds is 2. The van der Waals surface area contributed by atoms with Gasteiger partial charge in [0.1, 0.15) is 0 Å². The van der Waals surface area contributed by atoms with Crippen LogP contribution in [-0.4, -0.2) is 17.4 Å². The van der Waals surface area contributed by atoms with Gasteiger partial charge in [0.2, 0.25) is 5.91 Å². The van der Waals surface area contributed by atoms with Gasteiger partial charge < -0.3 is 4.90 Å². The van der Waals surface area contributed by atoms with Gasteiger partial charge in [-0.2, -0.15) is 0 Å². The summed E-state index contributed by atoms with van der Waals surface area (Å²) >= 11 is 0. The van der Waals surface area contributed by atoms with Crippen LogP contribution >= 0.6 is 0 Å². The molecular weight excluding hydrogens is 186 g/mol. The standard InChI is InChI=1S/C13H17NO/c1-11(12-7-3-2-4-8-12)14-10-6-5-9-13(14)15/h2-4,7-8,11H,5-6,9-10H2,1H3/t11-/m1/s1. The molecule has 0 spiro atoms. The Bertz CT molecular complexity index is 334. The first kappa shape index (κ1) is 10.2. The normalized spacial score (nSPS) is 19.0. The van der Waals surface area contributed by atoms with E-state index in [1.165, 1.54) is 5.56 Å². The zero-order valence-electron chi connectivity index (χ0n) is 9.15. The molecule has 1 aromatic rings. The predicted octanol–water partition coefficient (Wildman–Crippen LogP) is 2.76. The lowest BCUT2D eigenvalue weighted by atomic mass is 10.0. The van der Waals surface area contributed by atoms with Crippen molar-refractivity contribution in [3.63, 3.8) is 0 Å². The minimum absolute atomic E-state index is 0.221. The number of nitrogens with zero attached hydrogens (tertiary/aromatic N) is 1. The third kappa shape index (κ3) is 2.20. The smallest absolute Gasteiger partial charge is 0.223 e. The van der Waals surface area contributed by atoms with Crippen LogP contribution in [0.4, 0.5) is 0 Å². The highest BCUT2D eigenvalue weighted by atomic mass is 16.2. The number of benzene rings is 1. The summed E-state index contributed by atoms with van der Waals surface area (Å²) in [6.07, 6.45) is 2.91. The Hall–Kier alpha value is -1.31. The minimum atomic E-state index is 0.221. The molecule has 0 aliphatic carbocycles. The third-order valence-electron chi connectivity index (χ3n) is 3.11. The lowest BCUT2D eigenvalue weighted by Crippen LogP contribution is -2.37. The van der Waals surface area contributed by atoms with Crippen LogP contribution in [-0.2, 0) is 4.79 Å². The fourth-order valence-corrected chi connectivity index (χ4v) is 2.15. The number of hydrogen-bond acceptors (Lipinski definition) is 1. The van der Waals surface area contributed by atoms with E-state index >= 15 is 0 Å². The van der Waals surface area contributed by atoms with Crippen molar-refractivity contribution >= 4 is 5.91 Å². The van der Waals surface area contributed by atoms with E-state index in [9.17, 15) is 4.79 Å². The van der Waals surface area contributed by atoms with Gasteiger partial charge in [-0.15, -0.1) is 0 Å². The number of hydrogen-bond donors (Lipinski definition) is 0. The number of carbonyl (C=O) groups is 1. The van der Waals surface area contributed by atoms with Gasteiger partial charge in [-0.05, 0) is 25.3 Å². The van der Waals surface area contributed by atoms with E-state index in [0.29, 0.717) is 5.91 Å². The average Bonchev–Trinajstić information content (AvgIpc) is 2.30. The maximum absolute atomic E-state index is 11.7. The zero-order chi connectivity index (χ0) is 10.7. The minimum Gasteiger partial charge on any atom is -0.336 e. The first-order valence-electron chi connectivity index (χ1n) is 5.63.